The molecule has 378 valence electrons. The number of nitro benzene ring substituents is 1. The molecule has 3 aromatic heterocycles. The number of anilines is 3. The highest BCUT2D eigenvalue weighted by Gasteiger charge is 2.32. The van der Waals surface area contributed by atoms with Crippen molar-refractivity contribution in [2.45, 2.75) is 38.0 Å². The van der Waals surface area contributed by atoms with Gasteiger partial charge in [-0.25, -0.2) is 27.6 Å². The van der Waals surface area contributed by atoms with Crippen LogP contribution in [-0.2, 0) is 26.2 Å². The number of carbonyl (C=O) groups excluding carboxylic acids is 3. The summed E-state index contributed by atoms with van der Waals surface area (Å²) in [4.78, 5) is 71.1. The van der Waals surface area contributed by atoms with Gasteiger partial charge in [0.1, 0.15) is 17.1 Å². The Bertz CT molecular complexity index is 2920. The van der Waals surface area contributed by atoms with E-state index >= 15 is 0 Å². The lowest BCUT2D eigenvalue weighted by atomic mass is 10.1. The minimum atomic E-state index is -4.62. The number of methoxy groups -OCH3 is 2. The fourth-order valence-electron chi connectivity index (χ4n) is 4.92. The molecule has 0 aliphatic carbocycles. The molecule has 0 spiro atoms. The van der Waals surface area contributed by atoms with Crippen LogP contribution in [0, 0.1) is 10.1 Å². The summed E-state index contributed by atoms with van der Waals surface area (Å²) < 4.78 is 104. The number of amides is 4. The molecule has 5 rings (SSSR count). The average molecular weight is 1060 g/mol. The van der Waals surface area contributed by atoms with Crippen molar-refractivity contribution in [3.05, 3.63) is 97.9 Å². The monoisotopic (exact) mass is 1060 g/mol. The van der Waals surface area contributed by atoms with E-state index in [2.05, 4.69) is 45.9 Å². The Labute approximate surface area is 407 Å². The third-order valence-corrected chi connectivity index (χ3v) is 10.1. The minimum absolute atomic E-state index is 0.0913. The van der Waals surface area contributed by atoms with E-state index in [0.29, 0.717) is 30.3 Å². The van der Waals surface area contributed by atoms with Crippen LogP contribution in [0.4, 0.5) is 41.5 Å². The zero-order valence-electron chi connectivity index (χ0n) is 37.7. The Morgan fingerprint density at radius 2 is 1.49 bits per heavy atom. The molecule has 0 saturated carbocycles. The number of hydrogen-bond acceptors (Lipinski definition) is 20. The molecule has 32 heteroatoms. The number of pyridine rings is 1. The second-order valence-electron chi connectivity index (χ2n) is 13.9. The number of alkyl halides is 3. The Hall–Kier alpha value is -7.44. The van der Waals surface area contributed by atoms with Gasteiger partial charge in [0.05, 0.1) is 47.6 Å². The molecule has 0 bridgehead atoms. The van der Waals surface area contributed by atoms with E-state index < -0.39 is 75.9 Å². The van der Waals surface area contributed by atoms with Gasteiger partial charge < -0.3 is 29.7 Å². The van der Waals surface area contributed by atoms with Gasteiger partial charge in [-0.3, -0.25) is 25.0 Å². The fraction of sp³-hybridized carbons (Fsp3) is 0.289. The second-order valence-corrected chi connectivity index (χ2v) is 17.9. The maximum Gasteiger partial charge on any atom is 0.416 e. The highest BCUT2D eigenvalue weighted by molar-refractivity contribution is 7.90. The van der Waals surface area contributed by atoms with Crippen molar-refractivity contribution in [2.24, 2.45) is 0 Å². The maximum atomic E-state index is 12.7. The number of carbonyl (C=O) groups is 3. The van der Waals surface area contributed by atoms with E-state index in [9.17, 15) is 54.5 Å². The number of sulfonamides is 2. The van der Waals surface area contributed by atoms with Crippen LogP contribution in [0.2, 0.25) is 10.3 Å². The molecule has 70 heavy (non-hydrogen) atoms. The number of nitro groups is 1. The van der Waals surface area contributed by atoms with Gasteiger partial charge in [0.15, 0.2) is 5.03 Å². The summed E-state index contributed by atoms with van der Waals surface area (Å²) in [6.07, 6.45) is -2.75. The molecule has 0 radical (unpaired) electrons. The van der Waals surface area contributed by atoms with E-state index in [4.69, 9.17) is 37.4 Å². The average Bonchev–Trinajstić information content (AvgIpc) is 3.25. The molecule has 2 aromatic carbocycles. The van der Waals surface area contributed by atoms with Crippen molar-refractivity contribution in [3.63, 3.8) is 0 Å². The topological polar surface area (TPSA) is 331 Å². The van der Waals surface area contributed by atoms with Crippen LogP contribution in [0.5, 0.6) is 23.3 Å². The van der Waals surface area contributed by atoms with Gasteiger partial charge in [0.25, 0.3) is 27.5 Å². The smallest absolute Gasteiger partial charge is 0.416 e. The number of urea groups is 1. The van der Waals surface area contributed by atoms with Crippen LogP contribution in [-0.4, -0.2) is 122 Å². The molecule has 0 atom stereocenters. The van der Waals surface area contributed by atoms with Crippen molar-refractivity contribution in [2.75, 3.05) is 57.1 Å². The summed E-state index contributed by atoms with van der Waals surface area (Å²) in [6, 6.07) is 8.26. The van der Waals surface area contributed by atoms with Crippen LogP contribution < -0.4 is 39.6 Å². The normalized spacial score (nSPS) is 11.1. The van der Waals surface area contributed by atoms with Crippen molar-refractivity contribution < 1.29 is 63.5 Å². The highest BCUT2D eigenvalue weighted by atomic mass is 35.5. The maximum absolute atomic E-state index is 12.7. The quantitative estimate of drug-likeness (QED) is 0.0626. The van der Waals surface area contributed by atoms with Gasteiger partial charge in [0, 0.05) is 45.0 Å². The first-order valence-electron chi connectivity index (χ1n) is 19.3. The molecule has 0 aliphatic heterocycles. The number of hydrogen-bond donors (Lipinski definition) is 5. The standard InChI is InChI=1S/C15H10ClF3N2O6S.C15H18N6O6S.C8H14ClN5/c1-28(25,26)20-14(22)10-7-9(3-4-12(10)21(23)24)27-13-5-2-8(6-11(13)16)15(17,18)19;1-21(2)13(22)9-6-5-7-16-12(9)28(24,25)20-15(23)19-14-17-10(26-3)8-11(18-14)27-4;1-4-10-7-12-6(9)13-8(14-7)11-5(2)3/h2-7H,1H3,(H,20,22);5-8H,1-4H3,(H2,17,18,19,20,23);5H,4H2,1-3H3,(H2,10,11,12,13,14). The largest absolute Gasteiger partial charge is 0.481 e. The number of halogens is 5. The third kappa shape index (κ3) is 17.6. The first-order chi connectivity index (χ1) is 32.6. The molecule has 4 amide bonds. The van der Waals surface area contributed by atoms with E-state index in [1.165, 1.54) is 57.6 Å². The molecule has 0 aliphatic rings. The van der Waals surface area contributed by atoms with Crippen LogP contribution >= 0.6 is 23.2 Å². The Morgan fingerprint density at radius 3 is 2.01 bits per heavy atom. The van der Waals surface area contributed by atoms with Crippen molar-refractivity contribution in [1.82, 2.24) is 44.2 Å². The predicted octanol–water partition coefficient (Wildman–Crippen LogP) is 5.63. The Balaban J connectivity index is 0.000000294. The summed E-state index contributed by atoms with van der Waals surface area (Å²) in [5.41, 5.74) is -2.53. The summed E-state index contributed by atoms with van der Waals surface area (Å²) in [6.45, 7) is 6.73. The summed E-state index contributed by atoms with van der Waals surface area (Å²) in [5.74, 6) is -1.35. The van der Waals surface area contributed by atoms with Gasteiger partial charge in [0.2, 0.25) is 44.9 Å². The molecule has 0 saturated heterocycles. The zero-order valence-corrected chi connectivity index (χ0v) is 40.9. The van der Waals surface area contributed by atoms with Crippen LogP contribution in [0.25, 0.3) is 0 Å². The lowest BCUT2D eigenvalue weighted by Gasteiger charge is -2.14. The van der Waals surface area contributed by atoms with Crippen LogP contribution in [0.15, 0.2) is 65.8 Å². The lowest BCUT2D eigenvalue weighted by molar-refractivity contribution is -0.385. The molecular weight excluding hydrogens is 1020 g/mol. The van der Waals surface area contributed by atoms with E-state index in [0.717, 1.165) is 30.8 Å². The van der Waals surface area contributed by atoms with Crippen LogP contribution in [0.1, 0.15) is 47.1 Å². The van der Waals surface area contributed by atoms with Gasteiger partial charge in [-0.05, 0) is 68.8 Å². The third-order valence-electron chi connectivity index (χ3n) is 7.75. The van der Waals surface area contributed by atoms with Crippen molar-refractivity contribution in [1.29, 1.82) is 0 Å². The van der Waals surface area contributed by atoms with Crippen molar-refractivity contribution >= 4 is 84.6 Å². The second kappa shape index (κ2) is 24.7. The fourth-order valence-corrected chi connectivity index (χ4v) is 6.78. The molecule has 25 nitrogen and oxygen atoms in total. The van der Waals surface area contributed by atoms with Gasteiger partial charge >= 0.3 is 12.2 Å². The number of nitrogens with one attached hydrogen (secondary N) is 5. The number of nitrogens with zero attached hydrogens (tertiary/aromatic N) is 8. The van der Waals surface area contributed by atoms with E-state index in [-0.39, 0.29) is 46.1 Å². The van der Waals surface area contributed by atoms with Gasteiger partial charge in [-0.1, -0.05) is 11.6 Å². The molecule has 0 fully saturated rings. The van der Waals surface area contributed by atoms with E-state index in [1.54, 1.807) is 9.44 Å². The molecule has 3 heterocycles. The lowest BCUT2D eigenvalue weighted by Crippen LogP contribution is -2.36. The Kier molecular flexibility index (Phi) is 20.1. The van der Waals surface area contributed by atoms with Gasteiger partial charge in [-0.15, -0.1) is 0 Å². The minimum Gasteiger partial charge on any atom is -0.481 e. The highest BCUT2D eigenvalue weighted by Crippen LogP contribution is 2.37. The Morgan fingerprint density at radius 1 is 0.857 bits per heavy atom. The predicted molar refractivity (Wildman–Crippen MR) is 246 cm³/mol. The first kappa shape index (κ1) is 56.9. The summed E-state index contributed by atoms with van der Waals surface area (Å²) in [5, 5.41) is 18.5. The van der Waals surface area contributed by atoms with Gasteiger partial charge in [-0.2, -0.15) is 46.5 Å². The van der Waals surface area contributed by atoms with Crippen molar-refractivity contribution in [3.8, 4) is 23.3 Å². The van der Waals surface area contributed by atoms with E-state index in [1.807, 2.05) is 20.8 Å². The molecule has 5 N–H and O–H groups in total. The molecular formula is C38H42Cl2F3N13O12S2. The molecule has 5 aromatic rings. The SMILES string of the molecule is CCNc1nc(Cl)nc(NC(C)C)n1.COc1cc(OC)nc(NC(=O)NS(=O)(=O)c2ncccc2C(=O)N(C)C)n1.CS(=O)(=O)NC(=O)c1cc(Oc2ccc(C(F)(F)F)cc2Cl)ccc1[N+](=O)[O-]. The number of benzene rings is 2. The van der Waals surface area contributed by atoms with Crippen LogP contribution in [0.3, 0.4) is 0 Å². The summed E-state index contributed by atoms with van der Waals surface area (Å²) in [7, 11) is -2.85. The summed E-state index contributed by atoms with van der Waals surface area (Å²) >= 11 is 11.5. The zero-order chi connectivity index (χ0) is 52.7. The number of aromatic nitrogens is 6. The number of ether oxygens (including phenoxy) is 3. The first-order valence-corrected chi connectivity index (χ1v) is 23.4. The molecule has 0 unspecified atom stereocenters. The number of rotatable bonds is 15.